The molecule has 0 aromatic heterocycles. The average molecular weight is 308 g/mol. The van der Waals surface area contributed by atoms with Gasteiger partial charge in [-0.25, -0.2) is 10.2 Å². The van der Waals surface area contributed by atoms with Crippen LogP contribution in [0.1, 0.15) is 40.2 Å². The molecule has 6 heteroatoms. The molecule has 1 aromatic rings. The fourth-order valence-corrected chi connectivity index (χ4v) is 1.67. The number of amides is 2. The third-order valence-electron chi connectivity index (χ3n) is 2.97. The number of ether oxygens (including phenoxy) is 2. The van der Waals surface area contributed by atoms with Crippen molar-refractivity contribution in [2.45, 2.75) is 46.1 Å². The molecular formula is C16H24N2O4. The number of hydrogen-bond donors (Lipinski definition) is 2. The summed E-state index contributed by atoms with van der Waals surface area (Å²) in [5, 5.41) is 0. The summed E-state index contributed by atoms with van der Waals surface area (Å²) in [4.78, 5) is 22.8. The van der Waals surface area contributed by atoms with Crippen molar-refractivity contribution in [2.24, 2.45) is 0 Å². The standard InChI is InChI=1S/C16H24N2O4/c1-6-21-15(20)18-17-14(19)11(2)22-13-9-7-12(8-10-13)16(3,4)5/h7-11H,6H2,1-5H3,(H,17,19)(H,18,20). The second-order valence-corrected chi connectivity index (χ2v) is 5.87. The Morgan fingerprint density at radius 3 is 2.23 bits per heavy atom. The monoisotopic (exact) mass is 308 g/mol. The first-order valence-electron chi connectivity index (χ1n) is 7.24. The van der Waals surface area contributed by atoms with Crippen LogP contribution in [-0.2, 0) is 14.9 Å². The predicted octanol–water partition coefficient (Wildman–Crippen LogP) is 2.53. The molecule has 0 heterocycles. The highest BCUT2D eigenvalue weighted by molar-refractivity contribution is 5.82. The van der Waals surface area contributed by atoms with Crippen LogP contribution in [0.2, 0.25) is 0 Å². The van der Waals surface area contributed by atoms with Gasteiger partial charge in [0.05, 0.1) is 6.61 Å². The summed E-state index contributed by atoms with van der Waals surface area (Å²) < 4.78 is 10.2. The third kappa shape index (κ3) is 5.63. The van der Waals surface area contributed by atoms with Gasteiger partial charge in [0, 0.05) is 0 Å². The molecule has 0 saturated carbocycles. The maximum absolute atomic E-state index is 11.8. The van der Waals surface area contributed by atoms with Gasteiger partial charge in [-0.3, -0.25) is 10.2 Å². The molecule has 6 nitrogen and oxygen atoms in total. The van der Waals surface area contributed by atoms with E-state index < -0.39 is 18.1 Å². The molecule has 1 atom stereocenters. The van der Waals surface area contributed by atoms with Gasteiger partial charge in [-0.2, -0.15) is 0 Å². The van der Waals surface area contributed by atoms with E-state index in [4.69, 9.17) is 4.74 Å². The summed E-state index contributed by atoms with van der Waals surface area (Å²) >= 11 is 0. The summed E-state index contributed by atoms with van der Waals surface area (Å²) in [5.41, 5.74) is 5.61. The van der Waals surface area contributed by atoms with Crippen molar-refractivity contribution in [2.75, 3.05) is 6.61 Å². The zero-order valence-corrected chi connectivity index (χ0v) is 13.7. The van der Waals surface area contributed by atoms with E-state index in [1.54, 1.807) is 13.8 Å². The number of nitrogens with one attached hydrogen (secondary N) is 2. The van der Waals surface area contributed by atoms with Crippen LogP contribution in [0.4, 0.5) is 4.79 Å². The van der Waals surface area contributed by atoms with Crippen molar-refractivity contribution < 1.29 is 19.1 Å². The molecule has 122 valence electrons. The fraction of sp³-hybridized carbons (Fsp3) is 0.500. The lowest BCUT2D eigenvalue weighted by atomic mass is 9.87. The minimum absolute atomic E-state index is 0.0606. The molecule has 2 amide bonds. The molecular weight excluding hydrogens is 284 g/mol. The largest absolute Gasteiger partial charge is 0.481 e. The summed E-state index contributed by atoms with van der Waals surface area (Å²) in [5.74, 6) is 0.125. The molecule has 2 N–H and O–H groups in total. The number of rotatable bonds is 4. The lowest BCUT2D eigenvalue weighted by Crippen LogP contribution is -2.47. The normalized spacial score (nSPS) is 12.2. The van der Waals surface area contributed by atoms with Crippen molar-refractivity contribution >= 4 is 12.0 Å². The molecule has 1 aromatic carbocycles. The number of hydrogen-bond acceptors (Lipinski definition) is 4. The van der Waals surface area contributed by atoms with E-state index in [-0.39, 0.29) is 12.0 Å². The van der Waals surface area contributed by atoms with Crippen LogP contribution >= 0.6 is 0 Å². The van der Waals surface area contributed by atoms with Gasteiger partial charge in [-0.05, 0) is 37.0 Å². The Hall–Kier alpha value is -2.24. The van der Waals surface area contributed by atoms with Crippen LogP contribution in [0.25, 0.3) is 0 Å². The zero-order valence-electron chi connectivity index (χ0n) is 13.7. The Balaban J connectivity index is 2.52. The van der Waals surface area contributed by atoms with Crippen LogP contribution in [0.15, 0.2) is 24.3 Å². The highest BCUT2D eigenvalue weighted by Crippen LogP contribution is 2.24. The zero-order chi connectivity index (χ0) is 16.8. The van der Waals surface area contributed by atoms with Gasteiger partial charge in [0.2, 0.25) is 0 Å². The second-order valence-electron chi connectivity index (χ2n) is 5.87. The van der Waals surface area contributed by atoms with Crippen molar-refractivity contribution in [3.05, 3.63) is 29.8 Å². The Kier molecular flexibility index (Phi) is 6.22. The summed E-state index contributed by atoms with van der Waals surface area (Å²) in [6, 6.07) is 7.58. The van der Waals surface area contributed by atoms with E-state index >= 15 is 0 Å². The van der Waals surface area contributed by atoms with Gasteiger partial charge in [0.25, 0.3) is 5.91 Å². The summed E-state index contributed by atoms with van der Waals surface area (Å²) in [6.45, 7) is 9.88. The first kappa shape index (κ1) is 17.8. The van der Waals surface area contributed by atoms with E-state index in [9.17, 15) is 9.59 Å². The molecule has 1 rings (SSSR count). The SMILES string of the molecule is CCOC(=O)NNC(=O)C(C)Oc1ccc(C(C)(C)C)cc1. The molecule has 0 spiro atoms. The summed E-state index contributed by atoms with van der Waals surface area (Å²) in [6.07, 6.45) is -1.46. The van der Waals surface area contributed by atoms with E-state index in [0.717, 1.165) is 0 Å². The first-order valence-corrected chi connectivity index (χ1v) is 7.24. The van der Waals surface area contributed by atoms with Crippen molar-refractivity contribution in [3.63, 3.8) is 0 Å². The van der Waals surface area contributed by atoms with Gasteiger partial charge in [0.1, 0.15) is 5.75 Å². The molecule has 0 aliphatic carbocycles. The topological polar surface area (TPSA) is 76.7 Å². The third-order valence-corrected chi connectivity index (χ3v) is 2.97. The molecule has 22 heavy (non-hydrogen) atoms. The first-order chi connectivity index (χ1) is 10.2. The predicted molar refractivity (Wildman–Crippen MR) is 83.5 cm³/mol. The van der Waals surface area contributed by atoms with Crippen molar-refractivity contribution in [1.29, 1.82) is 0 Å². The van der Waals surface area contributed by atoms with E-state index in [1.165, 1.54) is 5.56 Å². The van der Waals surface area contributed by atoms with E-state index in [2.05, 4.69) is 36.4 Å². The minimum Gasteiger partial charge on any atom is -0.481 e. The van der Waals surface area contributed by atoms with Gasteiger partial charge >= 0.3 is 6.09 Å². The Morgan fingerprint density at radius 1 is 1.14 bits per heavy atom. The molecule has 0 bridgehead atoms. The van der Waals surface area contributed by atoms with Gasteiger partial charge < -0.3 is 9.47 Å². The molecule has 1 unspecified atom stereocenters. The Bertz CT molecular complexity index is 506. The second kappa shape index (κ2) is 7.68. The fourth-order valence-electron chi connectivity index (χ4n) is 1.67. The number of carbonyl (C=O) groups is 2. The highest BCUT2D eigenvalue weighted by Gasteiger charge is 2.17. The minimum atomic E-state index is -0.748. The van der Waals surface area contributed by atoms with Gasteiger partial charge in [-0.15, -0.1) is 0 Å². The Morgan fingerprint density at radius 2 is 1.73 bits per heavy atom. The summed E-state index contributed by atoms with van der Waals surface area (Å²) in [7, 11) is 0. The van der Waals surface area contributed by atoms with Crippen LogP contribution < -0.4 is 15.6 Å². The maximum Gasteiger partial charge on any atom is 0.426 e. The van der Waals surface area contributed by atoms with Gasteiger partial charge in [-0.1, -0.05) is 32.9 Å². The van der Waals surface area contributed by atoms with Crippen LogP contribution in [0.3, 0.4) is 0 Å². The molecule has 0 saturated heterocycles. The van der Waals surface area contributed by atoms with Gasteiger partial charge in [0.15, 0.2) is 6.10 Å². The lowest BCUT2D eigenvalue weighted by molar-refractivity contribution is -0.128. The van der Waals surface area contributed by atoms with E-state index in [0.29, 0.717) is 5.75 Å². The quantitative estimate of drug-likeness (QED) is 0.838. The number of hydrazine groups is 1. The molecule has 0 aliphatic heterocycles. The maximum atomic E-state index is 11.8. The van der Waals surface area contributed by atoms with Crippen LogP contribution in [0.5, 0.6) is 5.75 Å². The average Bonchev–Trinajstić information content (AvgIpc) is 2.44. The molecule has 0 aliphatic rings. The highest BCUT2D eigenvalue weighted by atomic mass is 16.6. The number of carbonyl (C=O) groups excluding carboxylic acids is 2. The lowest BCUT2D eigenvalue weighted by Gasteiger charge is -2.20. The van der Waals surface area contributed by atoms with Crippen LogP contribution in [-0.4, -0.2) is 24.7 Å². The molecule has 0 fully saturated rings. The van der Waals surface area contributed by atoms with Crippen LogP contribution in [0, 0.1) is 0 Å². The Labute approximate surface area is 131 Å². The van der Waals surface area contributed by atoms with E-state index in [1.807, 2.05) is 24.3 Å². The van der Waals surface area contributed by atoms with Crippen molar-refractivity contribution in [3.8, 4) is 5.75 Å². The van der Waals surface area contributed by atoms with Crippen molar-refractivity contribution in [1.82, 2.24) is 10.9 Å². The molecule has 0 radical (unpaired) electrons. The smallest absolute Gasteiger partial charge is 0.426 e. The number of benzene rings is 1.